The maximum atomic E-state index is 3.61. The van der Waals surface area contributed by atoms with Gasteiger partial charge in [-0.1, -0.05) is 31.4 Å². The fourth-order valence-electron chi connectivity index (χ4n) is 2.05. The average Bonchev–Trinajstić information content (AvgIpc) is 2.03. The molecule has 1 rings (SSSR count). The summed E-state index contributed by atoms with van der Waals surface area (Å²) in [7, 11) is 0. The first-order chi connectivity index (χ1) is 6.18. The van der Waals surface area contributed by atoms with Gasteiger partial charge in [0, 0.05) is 12.6 Å². The van der Waals surface area contributed by atoms with Crippen LogP contribution in [0.2, 0.25) is 0 Å². The van der Waals surface area contributed by atoms with Gasteiger partial charge in [0.05, 0.1) is 0 Å². The first-order valence-electron chi connectivity index (χ1n) is 5.55. The van der Waals surface area contributed by atoms with E-state index in [1.54, 1.807) is 0 Å². The van der Waals surface area contributed by atoms with E-state index in [1.165, 1.54) is 31.3 Å². The van der Waals surface area contributed by atoms with Gasteiger partial charge in [0.1, 0.15) is 0 Å². The highest BCUT2D eigenvalue weighted by atomic mass is 14.9. The number of allylic oxidation sites excluding steroid dienone is 1. The number of hydrogen-bond donors (Lipinski definition) is 1. The number of hydrogen-bond acceptors (Lipinski definition) is 1. The molecule has 0 spiro atoms. The topological polar surface area (TPSA) is 12.0 Å². The van der Waals surface area contributed by atoms with Crippen LogP contribution < -0.4 is 5.32 Å². The Kier molecular flexibility index (Phi) is 4.51. The molecule has 13 heavy (non-hydrogen) atoms. The smallest absolute Gasteiger partial charge is 0.0139 e. The summed E-state index contributed by atoms with van der Waals surface area (Å²) in [5.41, 5.74) is 1.41. The molecule has 1 heteroatoms. The Balaban J connectivity index is 2.17. The second-order valence-electron chi connectivity index (χ2n) is 4.66. The summed E-state index contributed by atoms with van der Waals surface area (Å²) in [6.07, 6.45) is 7.87. The lowest BCUT2D eigenvalue weighted by Crippen LogP contribution is -2.33. The number of rotatable bonds is 3. The maximum Gasteiger partial charge on any atom is 0.0139 e. The van der Waals surface area contributed by atoms with Gasteiger partial charge in [0.25, 0.3) is 0 Å². The molecule has 76 valence electrons. The lowest BCUT2D eigenvalue weighted by Gasteiger charge is -2.27. The van der Waals surface area contributed by atoms with Crippen molar-refractivity contribution in [3.05, 3.63) is 11.6 Å². The molecule has 2 unspecified atom stereocenters. The van der Waals surface area contributed by atoms with Gasteiger partial charge in [-0.3, -0.25) is 0 Å². The summed E-state index contributed by atoms with van der Waals surface area (Å²) in [4.78, 5) is 0. The molecular weight excluding hydrogens is 158 g/mol. The Hall–Kier alpha value is -0.300. The third kappa shape index (κ3) is 4.47. The molecular formula is C12H23N. The van der Waals surface area contributed by atoms with Crippen molar-refractivity contribution in [1.82, 2.24) is 5.32 Å². The highest BCUT2D eigenvalue weighted by Crippen LogP contribution is 2.23. The van der Waals surface area contributed by atoms with Crippen molar-refractivity contribution in [2.45, 2.75) is 52.5 Å². The van der Waals surface area contributed by atoms with E-state index in [2.05, 4.69) is 32.2 Å². The molecule has 0 saturated heterocycles. The minimum absolute atomic E-state index is 0.777. The fourth-order valence-corrected chi connectivity index (χ4v) is 2.05. The summed E-state index contributed by atoms with van der Waals surface area (Å²) in [5, 5.41) is 3.61. The predicted octanol–water partition coefficient (Wildman–Crippen LogP) is 3.12. The zero-order chi connectivity index (χ0) is 9.68. The van der Waals surface area contributed by atoms with E-state index < -0.39 is 0 Å². The predicted molar refractivity (Wildman–Crippen MR) is 58.9 cm³/mol. The van der Waals surface area contributed by atoms with Crippen LogP contribution in [0.25, 0.3) is 0 Å². The Bertz CT molecular complexity index is 168. The molecule has 1 aliphatic rings. The van der Waals surface area contributed by atoms with E-state index in [0.717, 1.165) is 18.5 Å². The maximum absolute atomic E-state index is 3.61. The van der Waals surface area contributed by atoms with Crippen molar-refractivity contribution >= 4 is 0 Å². The SMILES string of the molecule is CC(C)=CCNC1CCCC(C)C1. The van der Waals surface area contributed by atoms with E-state index in [1.807, 2.05) is 0 Å². The second kappa shape index (κ2) is 5.43. The minimum atomic E-state index is 0.777. The van der Waals surface area contributed by atoms with Crippen molar-refractivity contribution in [2.24, 2.45) is 5.92 Å². The van der Waals surface area contributed by atoms with E-state index in [9.17, 15) is 0 Å². The van der Waals surface area contributed by atoms with Crippen molar-refractivity contribution in [3.63, 3.8) is 0 Å². The van der Waals surface area contributed by atoms with Crippen molar-refractivity contribution in [3.8, 4) is 0 Å². The van der Waals surface area contributed by atoms with Crippen LogP contribution >= 0.6 is 0 Å². The zero-order valence-corrected chi connectivity index (χ0v) is 9.27. The normalized spacial score (nSPS) is 28.5. The summed E-state index contributed by atoms with van der Waals surface area (Å²) >= 11 is 0. The van der Waals surface area contributed by atoms with Crippen LogP contribution in [0.1, 0.15) is 46.5 Å². The molecule has 0 amide bonds. The Morgan fingerprint density at radius 2 is 2.15 bits per heavy atom. The Labute approximate surface area is 82.6 Å². The molecule has 0 radical (unpaired) electrons. The molecule has 0 aromatic heterocycles. The molecule has 0 bridgehead atoms. The largest absolute Gasteiger partial charge is 0.311 e. The monoisotopic (exact) mass is 181 g/mol. The standard InChI is InChI=1S/C12H23N/c1-10(2)7-8-13-12-6-4-5-11(3)9-12/h7,11-13H,4-6,8-9H2,1-3H3. The first kappa shape index (κ1) is 10.8. The Morgan fingerprint density at radius 1 is 1.38 bits per heavy atom. The molecule has 0 heterocycles. The van der Waals surface area contributed by atoms with Crippen molar-refractivity contribution < 1.29 is 0 Å². The van der Waals surface area contributed by atoms with Crippen molar-refractivity contribution in [1.29, 1.82) is 0 Å². The third-order valence-electron chi connectivity index (χ3n) is 2.85. The van der Waals surface area contributed by atoms with Crippen LogP contribution in [0.15, 0.2) is 11.6 Å². The number of nitrogens with one attached hydrogen (secondary N) is 1. The molecule has 0 aliphatic heterocycles. The summed E-state index contributed by atoms with van der Waals surface area (Å²) in [6.45, 7) is 7.74. The van der Waals surface area contributed by atoms with Gasteiger partial charge in [0.2, 0.25) is 0 Å². The van der Waals surface area contributed by atoms with Gasteiger partial charge < -0.3 is 5.32 Å². The molecule has 1 saturated carbocycles. The van der Waals surface area contributed by atoms with Gasteiger partial charge in [-0.15, -0.1) is 0 Å². The average molecular weight is 181 g/mol. The van der Waals surface area contributed by atoms with Crippen LogP contribution in [0, 0.1) is 5.92 Å². The van der Waals surface area contributed by atoms with Crippen LogP contribution in [-0.2, 0) is 0 Å². The molecule has 0 aromatic carbocycles. The molecule has 1 aliphatic carbocycles. The van der Waals surface area contributed by atoms with Gasteiger partial charge in [0.15, 0.2) is 0 Å². The van der Waals surface area contributed by atoms with E-state index >= 15 is 0 Å². The first-order valence-corrected chi connectivity index (χ1v) is 5.55. The Morgan fingerprint density at radius 3 is 2.77 bits per heavy atom. The van der Waals surface area contributed by atoms with E-state index in [-0.39, 0.29) is 0 Å². The van der Waals surface area contributed by atoms with Crippen LogP contribution in [0.3, 0.4) is 0 Å². The molecule has 0 aromatic rings. The second-order valence-corrected chi connectivity index (χ2v) is 4.66. The lowest BCUT2D eigenvalue weighted by molar-refractivity contribution is 0.308. The van der Waals surface area contributed by atoms with Crippen LogP contribution in [0.5, 0.6) is 0 Å². The summed E-state index contributed by atoms with van der Waals surface area (Å²) in [6, 6.07) is 0.777. The fraction of sp³-hybridized carbons (Fsp3) is 0.833. The van der Waals surface area contributed by atoms with E-state index in [0.29, 0.717) is 0 Å². The van der Waals surface area contributed by atoms with Crippen molar-refractivity contribution in [2.75, 3.05) is 6.54 Å². The highest BCUT2D eigenvalue weighted by molar-refractivity contribution is 4.95. The molecule has 1 N–H and O–H groups in total. The minimum Gasteiger partial charge on any atom is -0.311 e. The lowest BCUT2D eigenvalue weighted by atomic mass is 9.87. The summed E-state index contributed by atoms with van der Waals surface area (Å²) in [5.74, 6) is 0.929. The highest BCUT2D eigenvalue weighted by Gasteiger charge is 2.17. The van der Waals surface area contributed by atoms with Crippen LogP contribution in [-0.4, -0.2) is 12.6 Å². The zero-order valence-electron chi connectivity index (χ0n) is 9.27. The molecule has 2 atom stereocenters. The van der Waals surface area contributed by atoms with Gasteiger partial charge in [-0.25, -0.2) is 0 Å². The van der Waals surface area contributed by atoms with Gasteiger partial charge >= 0.3 is 0 Å². The molecule has 1 fully saturated rings. The quantitative estimate of drug-likeness (QED) is 0.660. The van der Waals surface area contributed by atoms with Gasteiger partial charge in [-0.2, -0.15) is 0 Å². The van der Waals surface area contributed by atoms with Gasteiger partial charge in [-0.05, 0) is 32.6 Å². The van der Waals surface area contributed by atoms with E-state index in [4.69, 9.17) is 0 Å². The van der Waals surface area contributed by atoms with Crippen LogP contribution in [0.4, 0.5) is 0 Å². The third-order valence-corrected chi connectivity index (χ3v) is 2.85. The summed E-state index contributed by atoms with van der Waals surface area (Å²) < 4.78 is 0. The molecule has 1 nitrogen and oxygen atoms in total.